The highest BCUT2D eigenvalue weighted by Crippen LogP contribution is 2.22. The molecule has 0 bridgehead atoms. The largest absolute Gasteiger partial charge is 0.490 e. The molecule has 0 aromatic carbocycles. The lowest BCUT2D eigenvalue weighted by Crippen LogP contribution is -2.11. The van der Waals surface area contributed by atoms with Gasteiger partial charge in [-0.05, 0) is 32.4 Å². The third-order valence-corrected chi connectivity index (χ3v) is 2.87. The van der Waals surface area contributed by atoms with Crippen molar-refractivity contribution >= 4 is 0 Å². The van der Waals surface area contributed by atoms with Gasteiger partial charge in [-0.3, -0.25) is 0 Å². The molecule has 0 heterocycles. The van der Waals surface area contributed by atoms with Crippen molar-refractivity contribution in [3.8, 4) is 0 Å². The summed E-state index contributed by atoms with van der Waals surface area (Å²) in [7, 11) is 0. The summed E-state index contributed by atoms with van der Waals surface area (Å²) in [6.45, 7) is 4.29. The molecule has 1 nitrogen and oxygen atoms in total. The van der Waals surface area contributed by atoms with Gasteiger partial charge in [0.05, 0.1) is 5.76 Å². The monoisotopic (exact) mass is 202 g/mol. The summed E-state index contributed by atoms with van der Waals surface area (Å²) < 4.78 is 5.91. The molecule has 15 heavy (non-hydrogen) atoms. The van der Waals surface area contributed by atoms with E-state index in [1.165, 1.54) is 11.1 Å². The number of rotatable bonds is 2. The Morgan fingerprint density at radius 2 is 2.07 bits per heavy atom. The van der Waals surface area contributed by atoms with Gasteiger partial charge in [0.25, 0.3) is 0 Å². The van der Waals surface area contributed by atoms with E-state index in [-0.39, 0.29) is 6.10 Å². The Morgan fingerprint density at radius 3 is 2.67 bits per heavy atom. The van der Waals surface area contributed by atoms with E-state index in [9.17, 15) is 0 Å². The van der Waals surface area contributed by atoms with Gasteiger partial charge in [-0.2, -0.15) is 0 Å². The minimum Gasteiger partial charge on any atom is -0.490 e. The van der Waals surface area contributed by atoms with Gasteiger partial charge in [0, 0.05) is 12.8 Å². The topological polar surface area (TPSA) is 9.23 Å². The molecule has 1 heteroatoms. The molecule has 0 aromatic heterocycles. The quantitative estimate of drug-likeness (QED) is 0.660. The van der Waals surface area contributed by atoms with E-state index < -0.39 is 0 Å². The Morgan fingerprint density at radius 1 is 1.20 bits per heavy atom. The van der Waals surface area contributed by atoms with E-state index in [2.05, 4.69) is 44.2 Å². The third-order valence-electron chi connectivity index (χ3n) is 2.87. The summed E-state index contributed by atoms with van der Waals surface area (Å²) in [4.78, 5) is 0. The molecule has 1 atom stereocenters. The van der Waals surface area contributed by atoms with Crippen molar-refractivity contribution in [2.45, 2.75) is 39.2 Å². The van der Waals surface area contributed by atoms with Crippen molar-refractivity contribution in [1.29, 1.82) is 0 Å². The highest BCUT2D eigenvalue weighted by atomic mass is 16.5. The Balaban J connectivity index is 1.91. The average Bonchev–Trinajstić information content (AvgIpc) is 2.25. The van der Waals surface area contributed by atoms with Crippen LogP contribution in [0.4, 0.5) is 0 Å². The second-order valence-electron chi connectivity index (χ2n) is 4.35. The minimum absolute atomic E-state index is 0.242. The van der Waals surface area contributed by atoms with E-state index in [1.807, 2.05) is 0 Å². The summed E-state index contributed by atoms with van der Waals surface area (Å²) >= 11 is 0. The van der Waals surface area contributed by atoms with Crippen molar-refractivity contribution < 1.29 is 4.74 Å². The van der Waals surface area contributed by atoms with E-state index >= 15 is 0 Å². The van der Waals surface area contributed by atoms with Crippen LogP contribution in [0.3, 0.4) is 0 Å². The van der Waals surface area contributed by atoms with Crippen LogP contribution in [-0.4, -0.2) is 6.10 Å². The second-order valence-corrected chi connectivity index (χ2v) is 4.35. The average molecular weight is 202 g/mol. The summed E-state index contributed by atoms with van der Waals surface area (Å²) in [6, 6.07) is 0. The SMILES string of the molecule is CC1=CCC(OC2=CC=C(C)CC2)C=C1. The lowest BCUT2D eigenvalue weighted by atomic mass is 10.0. The van der Waals surface area contributed by atoms with Crippen LogP contribution in [0, 0.1) is 0 Å². The van der Waals surface area contributed by atoms with Crippen LogP contribution in [0.5, 0.6) is 0 Å². The van der Waals surface area contributed by atoms with Gasteiger partial charge in [0.2, 0.25) is 0 Å². The molecular weight excluding hydrogens is 184 g/mol. The van der Waals surface area contributed by atoms with E-state index in [1.54, 1.807) is 0 Å². The Kier molecular flexibility index (Phi) is 3.10. The zero-order valence-corrected chi connectivity index (χ0v) is 9.49. The fourth-order valence-corrected chi connectivity index (χ4v) is 1.81. The number of hydrogen-bond acceptors (Lipinski definition) is 1. The van der Waals surface area contributed by atoms with Crippen LogP contribution >= 0.6 is 0 Å². The standard InChI is InChI=1S/C14H18O/c1-11-3-7-13(8-4-11)15-14-9-5-12(2)6-10-14/h3-5,7,9,13H,6,8,10H2,1-2H3. The van der Waals surface area contributed by atoms with Gasteiger partial charge < -0.3 is 4.74 Å². The number of allylic oxidation sites excluding steroid dienone is 6. The molecule has 0 saturated heterocycles. The van der Waals surface area contributed by atoms with Gasteiger partial charge >= 0.3 is 0 Å². The molecular formula is C14H18O. The normalized spacial score (nSPS) is 25.5. The highest BCUT2D eigenvalue weighted by Gasteiger charge is 2.11. The third kappa shape index (κ3) is 2.85. The smallest absolute Gasteiger partial charge is 0.120 e. The summed E-state index contributed by atoms with van der Waals surface area (Å²) in [5, 5.41) is 0. The molecule has 80 valence electrons. The van der Waals surface area contributed by atoms with Crippen LogP contribution in [0.2, 0.25) is 0 Å². The van der Waals surface area contributed by atoms with Crippen molar-refractivity contribution in [2.75, 3.05) is 0 Å². The van der Waals surface area contributed by atoms with E-state index in [4.69, 9.17) is 4.74 Å². The molecule has 0 radical (unpaired) electrons. The predicted octanol–water partition coefficient (Wildman–Crippen LogP) is 3.90. The van der Waals surface area contributed by atoms with Gasteiger partial charge in [-0.15, -0.1) is 0 Å². The van der Waals surface area contributed by atoms with Crippen molar-refractivity contribution in [1.82, 2.24) is 0 Å². The van der Waals surface area contributed by atoms with Gasteiger partial charge in [0.1, 0.15) is 6.10 Å². The zero-order chi connectivity index (χ0) is 10.7. The molecule has 2 aliphatic carbocycles. The molecule has 2 rings (SSSR count). The number of ether oxygens (including phenoxy) is 1. The zero-order valence-electron chi connectivity index (χ0n) is 9.49. The highest BCUT2D eigenvalue weighted by molar-refractivity contribution is 5.24. The van der Waals surface area contributed by atoms with Gasteiger partial charge in [-0.25, -0.2) is 0 Å². The minimum atomic E-state index is 0.242. The van der Waals surface area contributed by atoms with Crippen LogP contribution in [0.15, 0.2) is 47.3 Å². The van der Waals surface area contributed by atoms with E-state index in [0.717, 1.165) is 25.0 Å². The summed E-state index contributed by atoms with van der Waals surface area (Å²) in [5.41, 5.74) is 2.78. The fourth-order valence-electron chi connectivity index (χ4n) is 1.81. The van der Waals surface area contributed by atoms with Gasteiger partial charge in [0.15, 0.2) is 0 Å². The molecule has 1 unspecified atom stereocenters. The Bertz CT molecular complexity index is 356. The van der Waals surface area contributed by atoms with E-state index in [0.29, 0.717) is 0 Å². The molecule has 0 spiro atoms. The maximum absolute atomic E-state index is 5.91. The Labute approximate surface area is 91.8 Å². The predicted molar refractivity (Wildman–Crippen MR) is 63.5 cm³/mol. The molecule has 0 saturated carbocycles. The maximum Gasteiger partial charge on any atom is 0.120 e. The lowest BCUT2D eigenvalue weighted by molar-refractivity contribution is 0.147. The summed E-state index contributed by atoms with van der Waals surface area (Å²) in [5.74, 6) is 1.13. The van der Waals surface area contributed by atoms with Crippen molar-refractivity contribution in [2.24, 2.45) is 0 Å². The van der Waals surface area contributed by atoms with Crippen LogP contribution in [0.1, 0.15) is 33.1 Å². The maximum atomic E-state index is 5.91. The first-order valence-corrected chi connectivity index (χ1v) is 5.62. The first-order chi connectivity index (χ1) is 7.24. The molecule has 0 N–H and O–H groups in total. The Hall–Kier alpha value is -1.24. The van der Waals surface area contributed by atoms with Crippen LogP contribution in [-0.2, 0) is 4.74 Å². The first-order valence-electron chi connectivity index (χ1n) is 5.62. The molecule has 0 aromatic rings. The fraction of sp³-hybridized carbons (Fsp3) is 0.429. The van der Waals surface area contributed by atoms with Crippen molar-refractivity contribution in [3.05, 3.63) is 47.3 Å². The summed E-state index contributed by atoms with van der Waals surface area (Å²) in [6.07, 6.45) is 14.2. The number of hydrogen-bond donors (Lipinski definition) is 0. The molecule has 0 amide bonds. The second kappa shape index (κ2) is 4.52. The van der Waals surface area contributed by atoms with Crippen LogP contribution in [0.25, 0.3) is 0 Å². The first kappa shape index (κ1) is 10.3. The molecule has 0 fully saturated rings. The van der Waals surface area contributed by atoms with Crippen LogP contribution < -0.4 is 0 Å². The molecule has 0 aliphatic heterocycles. The lowest BCUT2D eigenvalue weighted by Gasteiger charge is -2.21. The van der Waals surface area contributed by atoms with Gasteiger partial charge in [-0.1, -0.05) is 29.4 Å². The molecule has 2 aliphatic rings. The van der Waals surface area contributed by atoms with Crippen molar-refractivity contribution in [3.63, 3.8) is 0 Å².